The summed E-state index contributed by atoms with van der Waals surface area (Å²) in [4.78, 5) is 24.4. The Labute approximate surface area is 127 Å². The Bertz CT molecular complexity index is 495. The topological polar surface area (TPSA) is 58.2 Å². The number of unbranched alkanes of at least 4 members (excludes halogenated alkanes) is 1. The van der Waals surface area contributed by atoms with Gasteiger partial charge in [-0.1, -0.05) is 46.2 Å². The van der Waals surface area contributed by atoms with Gasteiger partial charge in [0.25, 0.3) is 5.91 Å². The summed E-state index contributed by atoms with van der Waals surface area (Å²) in [6.45, 7) is 8.49. The van der Waals surface area contributed by atoms with Crippen molar-refractivity contribution in [3.63, 3.8) is 0 Å². The first-order valence-corrected chi connectivity index (χ1v) is 7.61. The van der Waals surface area contributed by atoms with Gasteiger partial charge in [-0.15, -0.1) is 0 Å². The molecule has 1 rings (SSSR count). The van der Waals surface area contributed by atoms with Crippen molar-refractivity contribution in [1.82, 2.24) is 5.32 Å². The molecular formula is C17H26N2O2. The molecule has 2 amide bonds. The SMILES string of the molecule is CCCCNC(=O)c1ccccc1NC(=O)C(C)(C)CC. The maximum Gasteiger partial charge on any atom is 0.253 e. The number of amides is 2. The number of hydrogen-bond acceptors (Lipinski definition) is 2. The molecule has 2 N–H and O–H groups in total. The van der Waals surface area contributed by atoms with Crippen molar-refractivity contribution >= 4 is 17.5 Å². The van der Waals surface area contributed by atoms with Gasteiger partial charge in [-0.3, -0.25) is 9.59 Å². The van der Waals surface area contributed by atoms with Crippen LogP contribution in [0.25, 0.3) is 0 Å². The van der Waals surface area contributed by atoms with Crippen LogP contribution in [0.1, 0.15) is 57.3 Å². The monoisotopic (exact) mass is 290 g/mol. The second-order valence-electron chi connectivity index (χ2n) is 5.85. The highest BCUT2D eigenvalue weighted by atomic mass is 16.2. The fraction of sp³-hybridized carbons (Fsp3) is 0.529. The molecule has 0 heterocycles. The van der Waals surface area contributed by atoms with E-state index in [1.54, 1.807) is 18.2 Å². The van der Waals surface area contributed by atoms with E-state index in [1.165, 1.54) is 0 Å². The Morgan fingerprint density at radius 1 is 1.14 bits per heavy atom. The predicted octanol–water partition coefficient (Wildman–Crippen LogP) is 3.59. The molecule has 21 heavy (non-hydrogen) atoms. The average molecular weight is 290 g/mol. The van der Waals surface area contributed by atoms with E-state index in [9.17, 15) is 9.59 Å². The van der Waals surface area contributed by atoms with Crippen LogP contribution in [0.5, 0.6) is 0 Å². The van der Waals surface area contributed by atoms with Crippen molar-refractivity contribution in [3.05, 3.63) is 29.8 Å². The number of hydrogen-bond donors (Lipinski definition) is 2. The number of anilines is 1. The summed E-state index contributed by atoms with van der Waals surface area (Å²) < 4.78 is 0. The Kier molecular flexibility index (Phi) is 6.40. The van der Waals surface area contributed by atoms with E-state index in [-0.39, 0.29) is 11.8 Å². The van der Waals surface area contributed by atoms with Crippen LogP contribution in [0.15, 0.2) is 24.3 Å². The van der Waals surface area contributed by atoms with Gasteiger partial charge in [0.2, 0.25) is 5.91 Å². The molecule has 0 fully saturated rings. The number of nitrogens with one attached hydrogen (secondary N) is 2. The van der Waals surface area contributed by atoms with E-state index in [1.807, 2.05) is 26.8 Å². The van der Waals surface area contributed by atoms with Gasteiger partial charge in [0.1, 0.15) is 0 Å². The molecule has 0 unspecified atom stereocenters. The van der Waals surface area contributed by atoms with E-state index in [4.69, 9.17) is 0 Å². The third-order valence-electron chi connectivity index (χ3n) is 3.73. The molecule has 1 aromatic rings. The van der Waals surface area contributed by atoms with Crippen LogP contribution in [0, 0.1) is 5.41 Å². The Morgan fingerprint density at radius 2 is 1.81 bits per heavy atom. The van der Waals surface area contributed by atoms with Crippen LogP contribution in [0.2, 0.25) is 0 Å². The van der Waals surface area contributed by atoms with Gasteiger partial charge < -0.3 is 10.6 Å². The van der Waals surface area contributed by atoms with E-state index in [0.717, 1.165) is 19.3 Å². The third-order valence-corrected chi connectivity index (χ3v) is 3.73. The molecule has 1 aromatic carbocycles. The summed E-state index contributed by atoms with van der Waals surface area (Å²) in [5.74, 6) is -0.215. The number of carbonyl (C=O) groups excluding carboxylic acids is 2. The summed E-state index contributed by atoms with van der Waals surface area (Å²) in [5, 5.41) is 5.75. The van der Waals surface area contributed by atoms with Gasteiger partial charge >= 0.3 is 0 Å². The summed E-state index contributed by atoms with van der Waals surface area (Å²) in [6.07, 6.45) is 2.72. The van der Waals surface area contributed by atoms with Crippen LogP contribution in [-0.2, 0) is 4.79 Å². The normalized spacial score (nSPS) is 11.0. The first-order chi connectivity index (χ1) is 9.92. The fourth-order valence-electron chi connectivity index (χ4n) is 1.72. The fourth-order valence-corrected chi connectivity index (χ4v) is 1.72. The predicted molar refractivity (Wildman–Crippen MR) is 86.4 cm³/mol. The minimum absolute atomic E-state index is 0.0705. The molecule has 0 atom stereocenters. The Morgan fingerprint density at radius 3 is 2.43 bits per heavy atom. The molecule has 4 heteroatoms. The summed E-state index contributed by atoms with van der Waals surface area (Å²) >= 11 is 0. The average Bonchev–Trinajstić information content (AvgIpc) is 2.47. The van der Waals surface area contributed by atoms with Crippen molar-refractivity contribution in [1.29, 1.82) is 0 Å². The molecular weight excluding hydrogens is 264 g/mol. The second-order valence-corrected chi connectivity index (χ2v) is 5.85. The zero-order chi connectivity index (χ0) is 15.9. The number of benzene rings is 1. The molecule has 0 aliphatic carbocycles. The lowest BCUT2D eigenvalue weighted by Crippen LogP contribution is -2.31. The molecule has 0 spiro atoms. The maximum atomic E-state index is 12.3. The first kappa shape index (κ1) is 17.2. The maximum absolute atomic E-state index is 12.3. The van der Waals surface area contributed by atoms with Gasteiger partial charge in [0.05, 0.1) is 11.3 Å². The van der Waals surface area contributed by atoms with Crippen LogP contribution in [0.3, 0.4) is 0 Å². The standard InChI is InChI=1S/C17H26N2O2/c1-5-7-12-18-15(20)13-10-8-9-11-14(13)19-16(21)17(3,4)6-2/h8-11H,5-7,12H2,1-4H3,(H,18,20)(H,19,21). The molecule has 116 valence electrons. The molecule has 0 aliphatic rings. The third kappa shape index (κ3) is 4.88. The molecule has 0 saturated carbocycles. The largest absolute Gasteiger partial charge is 0.352 e. The summed E-state index contributed by atoms with van der Waals surface area (Å²) in [7, 11) is 0. The molecule has 0 radical (unpaired) electrons. The minimum Gasteiger partial charge on any atom is -0.352 e. The van der Waals surface area contributed by atoms with Gasteiger partial charge in [-0.25, -0.2) is 0 Å². The van der Waals surface area contributed by atoms with Crippen molar-refractivity contribution < 1.29 is 9.59 Å². The highest BCUT2D eigenvalue weighted by Gasteiger charge is 2.26. The summed E-state index contributed by atoms with van der Waals surface area (Å²) in [5.41, 5.74) is 0.623. The molecule has 0 aliphatic heterocycles. The van der Waals surface area contributed by atoms with Crippen molar-refractivity contribution in [2.24, 2.45) is 5.41 Å². The van der Waals surface area contributed by atoms with Crippen molar-refractivity contribution in [3.8, 4) is 0 Å². The van der Waals surface area contributed by atoms with Gasteiger partial charge in [-0.2, -0.15) is 0 Å². The highest BCUT2D eigenvalue weighted by Crippen LogP contribution is 2.23. The number of carbonyl (C=O) groups is 2. The summed E-state index contributed by atoms with van der Waals surface area (Å²) in [6, 6.07) is 7.11. The van der Waals surface area contributed by atoms with Crippen LogP contribution in [0.4, 0.5) is 5.69 Å². The van der Waals surface area contributed by atoms with E-state index >= 15 is 0 Å². The van der Waals surface area contributed by atoms with Crippen LogP contribution in [-0.4, -0.2) is 18.4 Å². The van der Waals surface area contributed by atoms with Gasteiger partial charge in [0.15, 0.2) is 0 Å². The molecule has 0 bridgehead atoms. The lowest BCUT2D eigenvalue weighted by atomic mass is 9.89. The lowest BCUT2D eigenvalue weighted by molar-refractivity contribution is -0.124. The van der Waals surface area contributed by atoms with E-state index < -0.39 is 5.41 Å². The Hall–Kier alpha value is -1.84. The Balaban J connectivity index is 2.84. The van der Waals surface area contributed by atoms with Crippen LogP contribution >= 0.6 is 0 Å². The first-order valence-electron chi connectivity index (χ1n) is 7.61. The smallest absolute Gasteiger partial charge is 0.253 e. The van der Waals surface area contributed by atoms with Gasteiger partial charge in [0, 0.05) is 12.0 Å². The van der Waals surface area contributed by atoms with E-state index in [0.29, 0.717) is 17.8 Å². The second kappa shape index (κ2) is 7.81. The number of rotatable bonds is 7. The van der Waals surface area contributed by atoms with Gasteiger partial charge in [-0.05, 0) is 25.0 Å². The van der Waals surface area contributed by atoms with Crippen LogP contribution < -0.4 is 10.6 Å². The number of para-hydroxylation sites is 1. The molecule has 4 nitrogen and oxygen atoms in total. The zero-order valence-corrected chi connectivity index (χ0v) is 13.5. The molecule has 0 aromatic heterocycles. The van der Waals surface area contributed by atoms with Crippen molar-refractivity contribution in [2.45, 2.75) is 47.0 Å². The van der Waals surface area contributed by atoms with E-state index in [2.05, 4.69) is 17.6 Å². The quantitative estimate of drug-likeness (QED) is 0.754. The van der Waals surface area contributed by atoms with Crippen molar-refractivity contribution in [2.75, 3.05) is 11.9 Å². The lowest BCUT2D eigenvalue weighted by Gasteiger charge is -2.22. The molecule has 0 saturated heterocycles. The highest BCUT2D eigenvalue weighted by molar-refractivity contribution is 6.04. The zero-order valence-electron chi connectivity index (χ0n) is 13.5. The minimum atomic E-state index is -0.453.